The molecule has 2 rings (SSSR count). The van der Waals surface area contributed by atoms with Crippen molar-refractivity contribution in [3.63, 3.8) is 0 Å². The van der Waals surface area contributed by atoms with Gasteiger partial charge in [0.1, 0.15) is 11.4 Å². The summed E-state index contributed by atoms with van der Waals surface area (Å²) in [5.74, 6) is -0.488. The zero-order valence-corrected chi connectivity index (χ0v) is 15.3. The molecule has 2 aromatic rings. The fourth-order valence-electron chi connectivity index (χ4n) is 1.97. The molecule has 0 aliphatic carbocycles. The topological polar surface area (TPSA) is 72.0 Å². The van der Waals surface area contributed by atoms with Crippen molar-refractivity contribution in [2.24, 2.45) is 0 Å². The van der Waals surface area contributed by atoms with E-state index in [-0.39, 0.29) is 15.7 Å². The standard InChI is InChI=1S/C15H16F3N3O2S2/c1-9(2)25(22,23)12-7-5-4-6-11(12)20-13-10(15(16,17)18)8-19-14(21-13)24-3/h4-9H,1-3H3,(H,19,20,21). The van der Waals surface area contributed by atoms with Crippen LogP contribution < -0.4 is 5.32 Å². The van der Waals surface area contributed by atoms with Gasteiger partial charge in [-0.1, -0.05) is 23.9 Å². The highest BCUT2D eigenvalue weighted by atomic mass is 32.2. The minimum absolute atomic E-state index is 0.0347. The molecule has 0 aliphatic heterocycles. The summed E-state index contributed by atoms with van der Waals surface area (Å²) in [7, 11) is -3.68. The Morgan fingerprint density at radius 2 is 1.84 bits per heavy atom. The smallest absolute Gasteiger partial charge is 0.339 e. The Morgan fingerprint density at radius 1 is 1.20 bits per heavy atom. The zero-order valence-electron chi connectivity index (χ0n) is 13.6. The van der Waals surface area contributed by atoms with Crippen LogP contribution in [-0.2, 0) is 16.0 Å². The Kier molecular flexibility index (Phi) is 5.62. The maximum absolute atomic E-state index is 13.2. The van der Waals surface area contributed by atoms with E-state index in [2.05, 4.69) is 15.3 Å². The number of alkyl halides is 3. The Bertz CT molecular complexity index is 869. The second-order valence-corrected chi connectivity index (χ2v) is 8.58. The van der Waals surface area contributed by atoms with E-state index in [1.165, 1.54) is 38.1 Å². The second kappa shape index (κ2) is 7.20. The van der Waals surface area contributed by atoms with E-state index in [0.29, 0.717) is 6.20 Å². The molecule has 0 saturated heterocycles. The van der Waals surface area contributed by atoms with E-state index in [9.17, 15) is 21.6 Å². The second-order valence-electron chi connectivity index (χ2n) is 5.33. The summed E-state index contributed by atoms with van der Waals surface area (Å²) in [6.07, 6.45) is -2.37. The molecule has 1 aromatic carbocycles. The Labute approximate surface area is 148 Å². The van der Waals surface area contributed by atoms with E-state index in [1.54, 1.807) is 6.26 Å². The highest BCUT2D eigenvalue weighted by Gasteiger charge is 2.35. The Balaban J connectivity index is 2.58. The van der Waals surface area contributed by atoms with Crippen molar-refractivity contribution >= 4 is 33.1 Å². The SMILES string of the molecule is CSc1ncc(C(F)(F)F)c(Nc2ccccc2S(=O)(=O)C(C)C)n1. The van der Waals surface area contributed by atoms with E-state index < -0.39 is 32.6 Å². The highest BCUT2D eigenvalue weighted by molar-refractivity contribution is 7.98. The number of para-hydroxylation sites is 1. The molecule has 0 amide bonds. The number of halogens is 3. The van der Waals surface area contributed by atoms with Crippen molar-refractivity contribution in [2.75, 3.05) is 11.6 Å². The normalized spacial score (nSPS) is 12.4. The van der Waals surface area contributed by atoms with Gasteiger partial charge in [-0.25, -0.2) is 18.4 Å². The number of rotatable bonds is 5. The van der Waals surface area contributed by atoms with Crippen molar-refractivity contribution in [1.29, 1.82) is 0 Å². The van der Waals surface area contributed by atoms with E-state index >= 15 is 0 Å². The van der Waals surface area contributed by atoms with Crippen LogP contribution in [0, 0.1) is 0 Å². The van der Waals surface area contributed by atoms with Crippen molar-refractivity contribution < 1.29 is 21.6 Å². The summed E-state index contributed by atoms with van der Waals surface area (Å²) >= 11 is 1.08. The molecule has 1 aromatic heterocycles. The Hall–Kier alpha value is -1.81. The van der Waals surface area contributed by atoms with E-state index in [1.807, 2.05) is 0 Å². The molecular formula is C15H16F3N3O2S2. The molecule has 5 nitrogen and oxygen atoms in total. The quantitative estimate of drug-likeness (QED) is 0.610. The average molecular weight is 391 g/mol. The van der Waals surface area contributed by atoms with Crippen molar-refractivity contribution in [1.82, 2.24) is 9.97 Å². The van der Waals surface area contributed by atoms with Gasteiger partial charge in [-0.15, -0.1) is 0 Å². The molecule has 0 atom stereocenters. The summed E-state index contributed by atoms with van der Waals surface area (Å²) in [6.45, 7) is 3.01. The summed E-state index contributed by atoms with van der Waals surface area (Å²) in [5.41, 5.74) is -1.03. The predicted octanol–water partition coefficient (Wildman–Crippen LogP) is 4.14. The third kappa shape index (κ3) is 4.24. The number of sulfone groups is 1. The third-order valence-electron chi connectivity index (χ3n) is 3.32. The first-order valence-corrected chi connectivity index (χ1v) is 9.92. The first-order chi connectivity index (χ1) is 11.6. The number of hydrogen-bond acceptors (Lipinski definition) is 6. The molecule has 1 heterocycles. The molecule has 0 fully saturated rings. The third-order valence-corrected chi connectivity index (χ3v) is 6.09. The van der Waals surface area contributed by atoms with Gasteiger partial charge in [0, 0.05) is 6.20 Å². The van der Waals surface area contributed by atoms with Gasteiger partial charge in [-0.05, 0) is 32.2 Å². The first-order valence-electron chi connectivity index (χ1n) is 7.15. The lowest BCUT2D eigenvalue weighted by molar-refractivity contribution is -0.137. The summed E-state index contributed by atoms with van der Waals surface area (Å²) in [5, 5.41) is 1.94. The fraction of sp³-hybridized carbons (Fsp3) is 0.333. The lowest BCUT2D eigenvalue weighted by atomic mass is 10.2. The lowest BCUT2D eigenvalue weighted by Crippen LogP contribution is -2.17. The van der Waals surface area contributed by atoms with Gasteiger partial charge in [-0.3, -0.25) is 0 Å². The van der Waals surface area contributed by atoms with Crippen molar-refractivity contribution in [3.8, 4) is 0 Å². The molecule has 136 valence electrons. The van der Waals surface area contributed by atoms with Crippen LogP contribution in [0.2, 0.25) is 0 Å². The van der Waals surface area contributed by atoms with Gasteiger partial charge in [0.05, 0.1) is 15.8 Å². The lowest BCUT2D eigenvalue weighted by Gasteiger charge is -2.17. The van der Waals surface area contributed by atoms with Crippen LogP contribution in [0.5, 0.6) is 0 Å². The molecular weight excluding hydrogens is 375 g/mol. The van der Waals surface area contributed by atoms with E-state index in [0.717, 1.165) is 11.8 Å². The van der Waals surface area contributed by atoms with Gasteiger partial charge in [-0.2, -0.15) is 13.2 Å². The average Bonchev–Trinajstić information content (AvgIpc) is 2.53. The van der Waals surface area contributed by atoms with Gasteiger partial charge in [0.15, 0.2) is 15.0 Å². The molecule has 0 spiro atoms. The molecule has 0 bridgehead atoms. The monoisotopic (exact) mass is 391 g/mol. The molecule has 1 N–H and O–H groups in total. The van der Waals surface area contributed by atoms with Crippen LogP contribution in [0.3, 0.4) is 0 Å². The number of hydrogen-bond donors (Lipinski definition) is 1. The maximum atomic E-state index is 13.2. The summed E-state index contributed by atoms with van der Waals surface area (Å²) < 4.78 is 64.5. The number of benzene rings is 1. The van der Waals surface area contributed by atoms with Crippen LogP contribution in [0.1, 0.15) is 19.4 Å². The van der Waals surface area contributed by atoms with Crippen LogP contribution in [0.25, 0.3) is 0 Å². The van der Waals surface area contributed by atoms with E-state index in [4.69, 9.17) is 0 Å². The Morgan fingerprint density at radius 3 is 2.40 bits per heavy atom. The van der Waals surface area contributed by atoms with Gasteiger partial charge in [0.25, 0.3) is 0 Å². The van der Waals surface area contributed by atoms with Crippen LogP contribution in [0.4, 0.5) is 24.7 Å². The molecule has 0 radical (unpaired) electrons. The first kappa shape index (κ1) is 19.5. The summed E-state index contributed by atoms with van der Waals surface area (Å²) in [6, 6.07) is 5.79. The van der Waals surface area contributed by atoms with Gasteiger partial charge >= 0.3 is 6.18 Å². The number of thioether (sulfide) groups is 1. The fourth-order valence-corrected chi connectivity index (χ4v) is 3.51. The molecule has 25 heavy (non-hydrogen) atoms. The predicted molar refractivity (Wildman–Crippen MR) is 90.9 cm³/mol. The minimum atomic E-state index is -4.68. The van der Waals surface area contributed by atoms with Crippen LogP contribution >= 0.6 is 11.8 Å². The summed E-state index contributed by atoms with van der Waals surface area (Å²) in [4.78, 5) is 7.40. The molecule has 0 unspecified atom stereocenters. The van der Waals surface area contributed by atoms with Gasteiger partial charge in [0.2, 0.25) is 0 Å². The van der Waals surface area contributed by atoms with Crippen LogP contribution in [-0.4, -0.2) is 29.9 Å². The number of anilines is 2. The molecule has 0 aliphatic rings. The van der Waals surface area contributed by atoms with Crippen LogP contribution in [0.15, 0.2) is 40.5 Å². The molecule has 10 heteroatoms. The number of aromatic nitrogens is 2. The minimum Gasteiger partial charge on any atom is -0.339 e. The zero-order chi connectivity index (χ0) is 18.8. The highest BCUT2D eigenvalue weighted by Crippen LogP contribution is 2.36. The number of nitrogens with one attached hydrogen (secondary N) is 1. The van der Waals surface area contributed by atoms with Gasteiger partial charge < -0.3 is 5.32 Å². The number of nitrogens with zero attached hydrogens (tertiary/aromatic N) is 2. The molecule has 0 saturated carbocycles. The van der Waals surface area contributed by atoms with Crippen molar-refractivity contribution in [2.45, 2.75) is 35.3 Å². The maximum Gasteiger partial charge on any atom is 0.421 e. The largest absolute Gasteiger partial charge is 0.421 e. The van der Waals surface area contributed by atoms with Crippen molar-refractivity contribution in [3.05, 3.63) is 36.0 Å².